The van der Waals surface area contributed by atoms with Gasteiger partial charge in [0, 0.05) is 6.54 Å². The number of hydrogen-bond donors (Lipinski definition) is 1. The van der Waals surface area contributed by atoms with Gasteiger partial charge in [-0.05, 0) is 44.9 Å². The third-order valence-electron chi connectivity index (χ3n) is 2.54. The Morgan fingerprint density at radius 3 is 2.45 bits per heavy atom. The summed E-state index contributed by atoms with van der Waals surface area (Å²) in [4.78, 5) is 23.1. The lowest BCUT2D eigenvalue weighted by molar-refractivity contribution is 0.0523. The molecular formula is C15H21NO4. The fourth-order valence-corrected chi connectivity index (χ4v) is 1.60. The molecule has 1 amide bonds. The van der Waals surface area contributed by atoms with Gasteiger partial charge in [0.2, 0.25) is 0 Å². The van der Waals surface area contributed by atoms with Gasteiger partial charge in [0.05, 0.1) is 12.7 Å². The van der Waals surface area contributed by atoms with E-state index in [1.807, 2.05) is 19.1 Å². The fraction of sp³-hybridized carbons (Fsp3) is 0.467. The number of carbonyl (C=O) groups is 2. The van der Waals surface area contributed by atoms with E-state index in [2.05, 4.69) is 5.32 Å². The van der Waals surface area contributed by atoms with Crippen LogP contribution in [0.25, 0.3) is 0 Å². The average Bonchev–Trinajstić information content (AvgIpc) is 2.35. The first kappa shape index (κ1) is 16.0. The molecule has 0 aliphatic carbocycles. The average molecular weight is 279 g/mol. The normalized spacial score (nSPS) is 10.8. The van der Waals surface area contributed by atoms with Gasteiger partial charge in [0.25, 0.3) is 0 Å². The molecule has 0 atom stereocenters. The lowest BCUT2D eigenvalue weighted by Crippen LogP contribution is -2.32. The van der Waals surface area contributed by atoms with Gasteiger partial charge in [-0.25, -0.2) is 9.59 Å². The molecule has 0 aliphatic rings. The predicted molar refractivity (Wildman–Crippen MR) is 75.6 cm³/mol. The Hall–Kier alpha value is -2.04. The number of rotatable bonds is 3. The minimum Gasteiger partial charge on any atom is -0.465 e. The number of aryl methyl sites for hydroxylation is 1. The third kappa shape index (κ3) is 4.91. The minimum absolute atomic E-state index is 0.291. The maximum absolute atomic E-state index is 11.6. The first-order valence-electron chi connectivity index (χ1n) is 6.37. The van der Waals surface area contributed by atoms with Crippen LogP contribution < -0.4 is 5.32 Å². The molecule has 0 unspecified atom stereocenters. The summed E-state index contributed by atoms with van der Waals surface area (Å²) < 4.78 is 9.85. The van der Waals surface area contributed by atoms with E-state index in [4.69, 9.17) is 9.47 Å². The Balaban J connectivity index is 2.70. The quantitative estimate of drug-likeness (QED) is 0.864. The Morgan fingerprint density at radius 2 is 1.90 bits per heavy atom. The highest BCUT2D eigenvalue weighted by atomic mass is 16.6. The van der Waals surface area contributed by atoms with Crippen molar-refractivity contribution in [3.8, 4) is 0 Å². The number of nitrogens with one attached hydrogen (secondary N) is 1. The molecule has 0 saturated heterocycles. The number of amides is 1. The van der Waals surface area contributed by atoms with E-state index < -0.39 is 11.7 Å². The van der Waals surface area contributed by atoms with Crippen molar-refractivity contribution in [1.82, 2.24) is 5.32 Å². The van der Waals surface area contributed by atoms with Crippen LogP contribution >= 0.6 is 0 Å². The molecule has 5 heteroatoms. The zero-order valence-corrected chi connectivity index (χ0v) is 12.6. The Kier molecular flexibility index (Phi) is 5.13. The zero-order valence-electron chi connectivity index (χ0n) is 12.6. The lowest BCUT2D eigenvalue weighted by Gasteiger charge is -2.19. The monoisotopic (exact) mass is 279 g/mol. The van der Waals surface area contributed by atoms with Gasteiger partial charge in [-0.1, -0.05) is 12.1 Å². The van der Waals surface area contributed by atoms with Gasteiger partial charge >= 0.3 is 12.1 Å². The van der Waals surface area contributed by atoms with Crippen LogP contribution in [0.2, 0.25) is 0 Å². The molecule has 1 N–H and O–H groups in total. The number of carbonyl (C=O) groups excluding carboxylic acids is 2. The van der Waals surface area contributed by atoms with Crippen molar-refractivity contribution in [2.24, 2.45) is 0 Å². The first-order valence-corrected chi connectivity index (χ1v) is 6.37. The molecule has 0 radical (unpaired) electrons. The predicted octanol–water partition coefficient (Wildman–Crippen LogP) is 2.81. The van der Waals surface area contributed by atoms with Gasteiger partial charge in [0.1, 0.15) is 5.60 Å². The van der Waals surface area contributed by atoms with E-state index in [-0.39, 0.29) is 5.97 Å². The molecule has 0 aromatic heterocycles. The van der Waals surface area contributed by atoms with Crippen LogP contribution in [0.4, 0.5) is 4.79 Å². The number of methoxy groups -OCH3 is 1. The largest absolute Gasteiger partial charge is 0.465 e. The van der Waals surface area contributed by atoms with E-state index in [0.717, 1.165) is 11.1 Å². The Morgan fingerprint density at radius 1 is 1.25 bits per heavy atom. The molecule has 0 aliphatic heterocycles. The van der Waals surface area contributed by atoms with Crippen LogP contribution in [0.5, 0.6) is 0 Å². The third-order valence-corrected chi connectivity index (χ3v) is 2.54. The van der Waals surface area contributed by atoms with Gasteiger partial charge in [-0.15, -0.1) is 0 Å². The summed E-state index contributed by atoms with van der Waals surface area (Å²) in [7, 11) is 1.34. The van der Waals surface area contributed by atoms with Crippen LogP contribution in [0, 0.1) is 6.92 Å². The highest BCUT2D eigenvalue weighted by Crippen LogP contribution is 2.13. The molecule has 0 bridgehead atoms. The van der Waals surface area contributed by atoms with Crippen molar-refractivity contribution in [2.45, 2.75) is 39.8 Å². The topological polar surface area (TPSA) is 64.6 Å². The number of hydrogen-bond acceptors (Lipinski definition) is 4. The molecule has 0 spiro atoms. The van der Waals surface area contributed by atoms with Crippen molar-refractivity contribution in [2.75, 3.05) is 7.11 Å². The van der Waals surface area contributed by atoms with Gasteiger partial charge in [-0.3, -0.25) is 0 Å². The maximum atomic E-state index is 11.6. The Labute approximate surface area is 119 Å². The van der Waals surface area contributed by atoms with E-state index >= 15 is 0 Å². The number of alkyl carbamates (subject to hydrolysis) is 1. The first-order chi connectivity index (χ1) is 9.23. The SMILES string of the molecule is COC(=O)c1cc(CNC(=O)OC(C)(C)C)ccc1C. The maximum Gasteiger partial charge on any atom is 0.407 e. The van der Waals surface area contributed by atoms with Crippen molar-refractivity contribution in [1.29, 1.82) is 0 Å². The second-order valence-corrected chi connectivity index (χ2v) is 5.50. The molecule has 1 aromatic carbocycles. The van der Waals surface area contributed by atoms with Crippen LogP contribution in [0.15, 0.2) is 18.2 Å². The van der Waals surface area contributed by atoms with Crippen LogP contribution in [-0.2, 0) is 16.0 Å². The second-order valence-electron chi connectivity index (χ2n) is 5.50. The Bertz CT molecular complexity index is 503. The fourth-order valence-electron chi connectivity index (χ4n) is 1.60. The van der Waals surface area contributed by atoms with Crippen LogP contribution in [-0.4, -0.2) is 24.8 Å². The molecule has 1 aromatic rings. The molecule has 110 valence electrons. The van der Waals surface area contributed by atoms with Crippen LogP contribution in [0.1, 0.15) is 42.3 Å². The van der Waals surface area contributed by atoms with Gasteiger partial charge in [-0.2, -0.15) is 0 Å². The smallest absolute Gasteiger partial charge is 0.407 e. The summed E-state index contributed by atoms with van der Waals surface area (Å²) in [6, 6.07) is 5.37. The zero-order chi connectivity index (χ0) is 15.3. The summed E-state index contributed by atoms with van der Waals surface area (Å²) in [6.45, 7) is 7.52. The highest BCUT2D eigenvalue weighted by Gasteiger charge is 2.16. The van der Waals surface area contributed by atoms with Crippen LogP contribution in [0.3, 0.4) is 0 Å². The molecule has 1 rings (SSSR count). The molecule has 0 fully saturated rings. The second kappa shape index (κ2) is 6.41. The summed E-state index contributed by atoms with van der Waals surface area (Å²) >= 11 is 0. The molecule has 0 heterocycles. The molecular weight excluding hydrogens is 258 g/mol. The summed E-state index contributed by atoms with van der Waals surface area (Å²) in [5.41, 5.74) is 1.60. The van der Waals surface area contributed by atoms with Crippen molar-refractivity contribution < 1.29 is 19.1 Å². The summed E-state index contributed by atoms with van der Waals surface area (Å²) in [5.74, 6) is -0.387. The van der Waals surface area contributed by atoms with Crippen molar-refractivity contribution >= 4 is 12.1 Å². The van der Waals surface area contributed by atoms with Gasteiger partial charge in [0.15, 0.2) is 0 Å². The molecule has 5 nitrogen and oxygen atoms in total. The van der Waals surface area contributed by atoms with Crippen molar-refractivity contribution in [3.05, 3.63) is 34.9 Å². The van der Waals surface area contributed by atoms with Crippen molar-refractivity contribution in [3.63, 3.8) is 0 Å². The molecule has 0 saturated carbocycles. The minimum atomic E-state index is -0.533. The molecule has 20 heavy (non-hydrogen) atoms. The van der Waals surface area contributed by atoms with E-state index in [1.54, 1.807) is 26.8 Å². The number of benzene rings is 1. The van der Waals surface area contributed by atoms with Gasteiger partial charge < -0.3 is 14.8 Å². The standard InChI is InChI=1S/C15H21NO4/c1-10-6-7-11(8-12(10)13(17)19-5)9-16-14(18)20-15(2,3)4/h6-8H,9H2,1-5H3,(H,16,18). The number of esters is 1. The van der Waals surface area contributed by atoms with E-state index in [0.29, 0.717) is 12.1 Å². The summed E-state index contributed by atoms with van der Waals surface area (Å²) in [5, 5.41) is 2.65. The summed E-state index contributed by atoms with van der Waals surface area (Å²) in [6.07, 6.45) is -0.488. The van der Waals surface area contributed by atoms with E-state index in [9.17, 15) is 9.59 Å². The highest BCUT2D eigenvalue weighted by molar-refractivity contribution is 5.91. The van der Waals surface area contributed by atoms with E-state index in [1.165, 1.54) is 7.11 Å². The number of ether oxygens (including phenoxy) is 2. The lowest BCUT2D eigenvalue weighted by atomic mass is 10.1.